The molecule has 0 spiro atoms. The first-order valence-electron chi connectivity index (χ1n) is 10.8. The number of unbranched alkanes of at least 4 members (excludes halogenated alkanes) is 5. The van der Waals surface area contributed by atoms with Crippen LogP contribution in [-0.2, 0) is 5.41 Å². The van der Waals surface area contributed by atoms with Crippen LogP contribution in [0.5, 0.6) is 0 Å². The number of rotatable bonds is 9. The Balaban J connectivity index is 2.08. The first-order valence-corrected chi connectivity index (χ1v) is 10.8. The van der Waals surface area contributed by atoms with E-state index in [1.165, 1.54) is 56.3 Å². The minimum Gasteiger partial charge on any atom is -0.261 e. The maximum atomic E-state index is 2.62. The van der Waals surface area contributed by atoms with Crippen molar-refractivity contribution in [2.75, 3.05) is 18.0 Å². The van der Waals surface area contributed by atoms with Crippen LogP contribution in [0.3, 0.4) is 0 Å². The van der Waals surface area contributed by atoms with Crippen LogP contribution in [0.2, 0.25) is 0 Å². The molecule has 0 amide bonds. The standard InChI is InChI=1S/C24H41N2/c1-7-8-9-10-11-14-17-25-19-26(18-23(25)20(2)3)22-16-13-12-15-21(22)24(4,5)6/h12-13,15-16,19-20,23H,7-11,14,17-18H2,1-6H3/q+1/t23-/m1/s1. The van der Waals surface area contributed by atoms with Crippen LogP contribution in [0.15, 0.2) is 24.3 Å². The van der Waals surface area contributed by atoms with Gasteiger partial charge in [0.2, 0.25) is 6.34 Å². The average molecular weight is 358 g/mol. The third-order valence-electron chi connectivity index (χ3n) is 5.66. The Bertz CT molecular complexity index is 580. The lowest BCUT2D eigenvalue weighted by molar-refractivity contribution is -0.559. The summed E-state index contributed by atoms with van der Waals surface area (Å²) in [5, 5.41) is 0. The molecule has 26 heavy (non-hydrogen) atoms. The molecule has 1 aliphatic heterocycles. The van der Waals surface area contributed by atoms with Crippen LogP contribution in [0, 0.1) is 5.92 Å². The first kappa shape index (κ1) is 21.0. The van der Waals surface area contributed by atoms with Gasteiger partial charge in [-0.3, -0.25) is 4.58 Å². The minimum absolute atomic E-state index is 0.171. The van der Waals surface area contributed by atoms with Gasteiger partial charge in [0.15, 0.2) is 0 Å². The van der Waals surface area contributed by atoms with Crippen molar-refractivity contribution in [1.82, 2.24) is 0 Å². The van der Waals surface area contributed by atoms with Crippen molar-refractivity contribution in [3.05, 3.63) is 29.8 Å². The number of anilines is 1. The van der Waals surface area contributed by atoms with Crippen LogP contribution in [0.1, 0.15) is 85.6 Å². The molecule has 0 bridgehead atoms. The van der Waals surface area contributed by atoms with Crippen LogP contribution in [0.4, 0.5) is 5.69 Å². The predicted molar refractivity (Wildman–Crippen MR) is 116 cm³/mol. The minimum atomic E-state index is 0.171. The fraction of sp³-hybridized carbons (Fsp3) is 0.708. The molecule has 146 valence electrons. The smallest absolute Gasteiger partial charge is 0.239 e. The Morgan fingerprint density at radius 2 is 1.69 bits per heavy atom. The number of benzene rings is 1. The van der Waals surface area contributed by atoms with Gasteiger partial charge in [0.1, 0.15) is 18.3 Å². The molecule has 0 aromatic heterocycles. The number of nitrogens with zero attached hydrogens (tertiary/aromatic N) is 2. The molecule has 1 atom stereocenters. The highest BCUT2D eigenvalue weighted by Gasteiger charge is 2.35. The average Bonchev–Trinajstić information content (AvgIpc) is 3.01. The monoisotopic (exact) mass is 357 g/mol. The summed E-state index contributed by atoms with van der Waals surface area (Å²) < 4.78 is 2.62. The van der Waals surface area contributed by atoms with Crippen molar-refractivity contribution < 1.29 is 4.58 Å². The normalized spacial score (nSPS) is 17.9. The largest absolute Gasteiger partial charge is 0.261 e. The molecule has 0 aliphatic carbocycles. The summed E-state index contributed by atoms with van der Waals surface area (Å²) >= 11 is 0. The Labute approximate surface area is 162 Å². The fourth-order valence-electron chi connectivity index (χ4n) is 4.03. The lowest BCUT2D eigenvalue weighted by Gasteiger charge is -2.23. The highest BCUT2D eigenvalue weighted by Crippen LogP contribution is 2.33. The molecule has 2 rings (SSSR count). The van der Waals surface area contributed by atoms with Crippen LogP contribution in [-0.4, -0.2) is 30.0 Å². The van der Waals surface area contributed by atoms with Gasteiger partial charge in [-0.05, 0) is 30.2 Å². The second-order valence-electron chi connectivity index (χ2n) is 9.35. The van der Waals surface area contributed by atoms with Gasteiger partial charge in [0.05, 0.1) is 6.54 Å². The van der Waals surface area contributed by atoms with Crippen LogP contribution >= 0.6 is 0 Å². The third-order valence-corrected chi connectivity index (χ3v) is 5.66. The summed E-state index contributed by atoms with van der Waals surface area (Å²) in [5.74, 6) is 0.679. The summed E-state index contributed by atoms with van der Waals surface area (Å²) in [6.45, 7) is 16.3. The molecule has 0 radical (unpaired) electrons. The third kappa shape index (κ3) is 5.59. The predicted octanol–water partition coefficient (Wildman–Crippen LogP) is 6.23. The Hall–Kier alpha value is -1.31. The number of hydrogen-bond donors (Lipinski definition) is 0. The molecule has 1 aromatic rings. The van der Waals surface area contributed by atoms with Gasteiger partial charge < -0.3 is 0 Å². The molecule has 0 unspecified atom stereocenters. The van der Waals surface area contributed by atoms with Crippen molar-refractivity contribution in [1.29, 1.82) is 0 Å². The summed E-state index contributed by atoms with van der Waals surface area (Å²) in [7, 11) is 0. The lowest BCUT2D eigenvalue weighted by Crippen LogP contribution is -2.32. The van der Waals surface area contributed by atoms with E-state index in [9.17, 15) is 0 Å². The molecule has 2 nitrogen and oxygen atoms in total. The van der Waals surface area contributed by atoms with E-state index >= 15 is 0 Å². The van der Waals surface area contributed by atoms with Crippen molar-refractivity contribution in [3.63, 3.8) is 0 Å². The zero-order valence-electron chi connectivity index (χ0n) is 18.1. The molecular weight excluding hydrogens is 316 g/mol. The van der Waals surface area contributed by atoms with E-state index < -0.39 is 0 Å². The Morgan fingerprint density at radius 1 is 1.04 bits per heavy atom. The first-order chi connectivity index (χ1) is 12.3. The maximum absolute atomic E-state index is 2.62. The molecule has 0 saturated heterocycles. The summed E-state index contributed by atoms with van der Waals surface area (Å²) in [6.07, 6.45) is 10.6. The second-order valence-corrected chi connectivity index (χ2v) is 9.35. The fourth-order valence-corrected chi connectivity index (χ4v) is 4.03. The Kier molecular flexibility index (Phi) is 7.73. The number of hydrogen-bond acceptors (Lipinski definition) is 1. The topological polar surface area (TPSA) is 6.25 Å². The SMILES string of the molecule is CCCCCCCC[N+]1=CN(c2ccccc2C(C)(C)C)C[C@@H]1C(C)C. The highest BCUT2D eigenvalue weighted by atomic mass is 15.3. The van der Waals surface area contributed by atoms with E-state index in [1.54, 1.807) is 0 Å². The van der Waals surface area contributed by atoms with Crippen molar-refractivity contribution in [2.45, 2.75) is 91.5 Å². The van der Waals surface area contributed by atoms with Crippen molar-refractivity contribution in [2.24, 2.45) is 5.92 Å². The molecule has 0 fully saturated rings. The lowest BCUT2D eigenvalue weighted by atomic mass is 9.85. The van der Waals surface area contributed by atoms with Crippen molar-refractivity contribution in [3.8, 4) is 0 Å². The second kappa shape index (κ2) is 9.58. The van der Waals surface area contributed by atoms with E-state index in [0.717, 1.165) is 6.54 Å². The zero-order valence-corrected chi connectivity index (χ0v) is 18.1. The zero-order chi connectivity index (χ0) is 19.2. The molecule has 1 aliphatic rings. The van der Waals surface area contributed by atoms with Crippen molar-refractivity contribution >= 4 is 12.0 Å². The molecular formula is C24H41N2+. The van der Waals surface area contributed by atoms with E-state index in [-0.39, 0.29) is 5.41 Å². The van der Waals surface area contributed by atoms with E-state index in [0.29, 0.717) is 12.0 Å². The van der Waals surface area contributed by atoms with E-state index in [1.807, 2.05) is 0 Å². The van der Waals surface area contributed by atoms with E-state index in [4.69, 9.17) is 0 Å². The van der Waals surface area contributed by atoms with Gasteiger partial charge in [-0.15, -0.1) is 0 Å². The number of para-hydroxylation sites is 1. The van der Waals surface area contributed by atoms with Gasteiger partial charge in [-0.2, -0.15) is 0 Å². The van der Waals surface area contributed by atoms with Crippen LogP contribution in [0.25, 0.3) is 0 Å². The van der Waals surface area contributed by atoms with Gasteiger partial charge in [0, 0.05) is 5.56 Å². The van der Waals surface area contributed by atoms with Gasteiger partial charge in [-0.1, -0.05) is 85.4 Å². The molecule has 0 N–H and O–H groups in total. The molecule has 2 heteroatoms. The quantitative estimate of drug-likeness (QED) is 0.375. The molecule has 1 aromatic carbocycles. The van der Waals surface area contributed by atoms with Gasteiger partial charge in [0.25, 0.3) is 0 Å². The summed E-state index contributed by atoms with van der Waals surface area (Å²) in [5.41, 5.74) is 3.00. The summed E-state index contributed by atoms with van der Waals surface area (Å²) in [4.78, 5) is 2.50. The maximum Gasteiger partial charge on any atom is 0.239 e. The summed E-state index contributed by atoms with van der Waals surface area (Å²) in [6, 6.07) is 9.57. The molecule has 0 saturated carbocycles. The molecule has 1 heterocycles. The van der Waals surface area contributed by atoms with Gasteiger partial charge in [-0.25, -0.2) is 4.90 Å². The Morgan fingerprint density at radius 3 is 2.35 bits per heavy atom. The van der Waals surface area contributed by atoms with Gasteiger partial charge >= 0.3 is 0 Å². The van der Waals surface area contributed by atoms with E-state index in [2.05, 4.69) is 81.6 Å². The van der Waals surface area contributed by atoms with Crippen LogP contribution < -0.4 is 4.90 Å². The highest BCUT2D eigenvalue weighted by molar-refractivity contribution is 5.79.